The fourth-order valence-corrected chi connectivity index (χ4v) is 3.43. The lowest BCUT2D eigenvalue weighted by Crippen LogP contribution is -2.49. The van der Waals surface area contributed by atoms with E-state index in [0.29, 0.717) is 24.1 Å². The van der Waals surface area contributed by atoms with Gasteiger partial charge in [0, 0.05) is 12.6 Å². The van der Waals surface area contributed by atoms with Crippen LogP contribution >= 0.6 is 0 Å². The molecule has 1 unspecified atom stereocenters. The fourth-order valence-electron chi connectivity index (χ4n) is 3.43. The third-order valence-electron chi connectivity index (χ3n) is 5.15. The van der Waals surface area contributed by atoms with Gasteiger partial charge in [-0.1, -0.05) is 26.8 Å². The van der Waals surface area contributed by atoms with Crippen molar-refractivity contribution in [2.24, 2.45) is 11.8 Å². The molecule has 0 aromatic heterocycles. The number of nitrogens with one attached hydrogen (secondary N) is 1. The summed E-state index contributed by atoms with van der Waals surface area (Å²) in [5, 5.41) is 3.03. The maximum absolute atomic E-state index is 13.7. The number of ether oxygens (including phenoxy) is 1. The van der Waals surface area contributed by atoms with Crippen molar-refractivity contribution in [2.75, 3.05) is 26.7 Å². The highest BCUT2D eigenvalue weighted by atomic mass is 19.1. The van der Waals surface area contributed by atoms with Crippen molar-refractivity contribution in [1.29, 1.82) is 0 Å². The van der Waals surface area contributed by atoms with Gasteiger partial charge in [-0.15, -0.1) is 0 Å². The smallest absolute Gasteiger partial charge is 0.224 e. The molecule has 1 aromatic carbocycles. The largest absolute Gasteiger partial charge is 0.494 e. The molecule has 1 N–H and O–H groups in total. The Morgan fingerprint density at radius 3 is 2.60 bits per heavy atom. The maximum Gasteiger partial charge on any atom is 0.224 e. The monoisotopic (exact) mass is 350 g/mol. The minimum absolute atomic E-state index is 0.0689. The number of methoxy groups -OCH3 is 1. The van der Waals surface area contributed by atoms with Crippen LogP contribution in [0.5, 0.6) is 5.75 Å². The predicted molar refractivity (Wildman–Crippen MR) is 98.3 cm³/mol. The van der Waals surface area contributed by atoms with Crippen molar-refractivity contribution in [3.05, 3.63) is 29.6 Å². The molecule has 1 heterocycles. The second-order valence-electron chi connectivity index (χ2n) is 7.48. The molecule has 0 aliphatic carbocycles. The highest BCUT2D eigenvalue weighted by Crippen LogP contribution is 2.21. The average Bonchev–Trinajstić information content (AvgIpc) is 2.56. The molecule has 140 valence electrons. The number of amides is 1. The average molecular weight is 350 g/mol. The van der Waals surface area contributed by atoms with E-state index in [0.717, 1.165) is 19.0 Å². The fraction of sp³-hybridized carbons (Fsp3) is 0.650. The zero-order valence-electron chi connectivity index (χ0n) is 15.8. The van der Waals surface area contributed by atoms with Crippen LogP contribution in [0.2, 0.25) is 0 Å². The molecule has 0 radical (unpaired) electrons. The molecule has 2 rings (SSSR count). The topological polar surface area (TPSA) is 41.6 Å². The quantitative estimate of drug-likeness (QED) is 0.821. The normalized spacial score (nSPS) is 17.5. The minimum atomic E-state index is -0.435. The summed E-state index contributed by atoms with van der Waals surface area (Å²) in [7, 11) is 1.43. The van der Waals surface area contributed by atoms with E-state index in [2.05, 4.69) is 31.0 Å². The first-order valence-electron chi connectivity index (χ1n) is 9.23. The summed E-state index contributed by atoms with van der Waals surface area (Å²) in [6, 6.07) is 5.01. The third-order valence-corrected chi connectivity index (χ3v) is 5.15. The molecule has 0 spiro atoms. The van der Waals surface area contributed by atoms with Gasteiger partial charge in [0.15, 0.2) is 11.6 Å². The number of carbonyl (C=O) groups excluding carboxylic acids is 1. The van der Waals surface area contributed by atoms with Gasteiger partial charge in [-0.25, -0.2) is 4.39 Å². The number of carbonyl (C=O) groups is 1. The van der Waals surface area contributed by atoms with Gasteiger partial charge < -0.3 is 10.1 Å². The summed E-state index contributed by atoms with van der Waals surface area (Å²) in [6.45, 7) is 9.55. The van der Waals surface area contributed by atoms with E-state index in [-0.39, 0.29) is 18.1 Å². The number of hydrogen-bond acceptors (Lipinski definition) is 3. The molecule has 25 heavy (non-hydrogen) atoms. The van der Waals surface area contributed by atoms with Crippen LogP contribution in [0.4, 0.5) is 4.39 Å². The van der Waals surface area contributed by atoms with E-state index < -0.39 is 5.82 Å². The minimum Gasteiger partial charge on any atom is -0.494 e. The summed E-state index contributed by atoms with van der Waals surface area (Å²) in [4.78, 5) is 14.8. The summed E-state index contributed by atoms with van der Waals surface area (Å²) in [5.74, 6) is 0.968. The Hall–Kier alpha value is -1.62. The Bertz CT molecular complexity index is 569. The zero-order chi connectivity index (χ0) is 18.4. The van der Waals surface area contributed by atoms with E-state index in [1.54, 1.807) is 12.1 Å². The second-order valence-corrected chi connectivity index (χ2v) is 7.48. The molecular weight excluding hydrogens is 319 g/mol. The molecule has 5 heteroatoms. The van der Waals surface area contributed by atoms with Gasteiger partial charge in [0.25, 0.3) is 0 Å². The van der Waals surface area contributed by atoms with Gasteiger partial charge in [0.05, 0.1) is 13.5 Å². The van der Waals surface area contributed by atoms with Crippen molar-refractivity contribution in [1.82, 2.24) is 10.2 Å². The molecule has 1 amide bonds. The number of likely N-dealkylation sites (tertiary alicyclic amines) is 1. The number of piperidine rings is 1. The predicted octanol–water partition coefficient (Wildman–Crippen LogP) is 3.25. The lowest BCUT2D eigenvalue weighted by atomic mass is 9.94. The molecule has 0 saturated carbocycles. The lowest BCUT2D eigenvalue weighted by Gasteiger charge is -2.38. The second kappa shape index (κ2) is 9.18. The Morgan fingerprint density at radius 2 is 2.04 bits per heavy atom. The van der Waals surface area contributed by atoms with Crippen LogP contribution in [0.15, 0.2) is 18.2 Å². The number of halogens is 1. The van der Waals surface area contributed by atoms with Crippen LogP contribution in [0, 0.1) is 17.7 Å². The Morgan fingerprint density at radius 1 is 1.36 bits per heavy atom. The van der Waals surface area contributed by atoms with Crippen LogP contribution in [-0.2, 0) is 11.2 Å². The van der Waals surface area contributed by atoms with Crippen LogP contribution in [0.3, 0.4) is 0 Å². The van der Waals surface area contributed by atoms with Gasteiger partial charge in [-0.2, -0.15) is 0 Å². The van der Waals surface area contributed by atoms with Crippen LogP contribution in [0.25, 0.3) is 0 Å². The third kappa shape index (κ3) is 5.70. The SMILES string of the molecule is COc1ccc(CC(=O)NCC(C(C)C)N2CCC(C)CC2)cc1F. The molecule has 1 aromatic rings. The van der Waals surface area contributed by atoms with Crippen LogP contribution in [-0.4, -0.2) is 43.6 Å². The van der Waals surface area contributed by atoms with E-state index in [1.165, 1.54) is 26.0 Å². The molecule has 1 fully saturated rings. The van der Waals surface area contributed by atoms with Crippen molar-refractivity contribution in [3.63, 3.8) is 0 Å². The first-order chi connectivity index (χ1) is 11.9. The van der Waals surface area contributed by atoms with E-state index in [9.17, 15) is 9.18 Å². The summed E-state index contributed by atoms with van der Waals surface area (Å²) in [5.41, 5.74) is 0.656. The number of nitrogens with zero attached hydrogens (tertiary/aromatic N) is 1. The lowest BCUT2D eigenvalue weighted by molar-refractivity contribution is -0.120. The number of hydrogen-bond donors (Lipinski definition) is 1. The first-order valence-corrected chi connectivity index (χ1v) is 9.23. The molecule has 1 atom stereocenters. The van der Waals surface area contributed by atoms with Gasteiger partial charge in [-0.3, -0.25) is 9.69 Å². The first kappa shape index (κ1) is 19.7. The molecular formula is C20H31FN2O2. The highest BCUT2D eigenvalue weighted by molar-refractivity contribution is 5.78. The molecule has 1 aliphatic rings. The van der Waals surface area contributed by atoms with Gasteiger partial charge in [0.2, 0.25) is 5.91 Å². The standard InChI is InChI=1S/C20H31FN2O2/c1-14(2)18(23-9-7-15(3)8-10-23)13-22-20(24)12-16-5-6-19(25-4)17(21)11-16/h5-6,11,14-15,18H,7-10,12-13H2,1-4H3,(H,22,24). The van der Waals surface area contributed by atoms with Crippen molar-refractivity contribution in [2.45, 2.75) is 46.1 Å². The van der Waals surface area contributed by atoms with Crippen molar-refractivity contribution in [3.8, 4) is 5.75 Å². The molecule has 1 aliphatic heterocycles. The van der Waals surface area contributed by atoms with E-state index in [4.69, 9.17) is 4.74 Å². The number of benzene rings is 1. The highest BCUT2D eigenvalue weighted by Gasteiger charge is 2.25. The van der Waals surface area contributed by atoms with E-state index in [1.807, 2.05) is 0 Å². The molecule has 4 nitrogen and oxygen atoms in total. The molecule has 0 bridgehead atoms. The maximum atomic E-state index is 13.7. The van der Waals surface area contributed by atoms with Gasteiger partial charge in [-0.05, 0) is 55.5 Å². The Kier molecular flexibility index (Phi) is 7.24. The summed E-state index contributed by atoms with van der Waals surface area (Å²) in [6.07, 6.45) is 2.63. The Labute approximate surface area is 150 Å². The van der Waals surface area contributed by atoms with E-state index >= 15 is 0 Å². The van der Waals surface area contributed by atoms with Gasteiger partial charge in [0.1, 0.15) is 0 Å². The van der Waals surface area contributed by atoms with Crippen molar-refractivity contribution >= 4 is 5.91 Å². The number of rotatable bonds is 7. The zero-order valence-corrected chi connectivity index (χ0v) is 15.8. The Balaban J connectivity index is 1.87. The van der Waals surface area contributed by atoms with Crippen molar-refractivity contribution < 1.29 is 13.9 Å². The van der Waals surface area contributed by atoms with Crippen LogP contribution in [0.1, 0.15) is 39.2 Å². The summed E-state index contributed by atoms with van der Waals surface area (Å²) >= 11 is 0. The molecule has 1 saturated heterocycles. The van der Waals surface area contributed by atoms with Gasteiger partial charge >= 0.3 is 0 Å². The summed E-state index contributed by atoms with van der Waals surface area (Å²) < 4.78 is 18.6. The van der Waals surface area contributed by atoms with Crippen LogP contribution < -0.4 is 10.1 Å².